The average molecular weight is 192 g/mol. The second-order valence-corrected chi connectivity index (χ2v) is 3.91. The monoisotopic (exact) mass is 192 g/mol. The van der Waals surface area contributed by atoms with Crippen molar-refractivity contribution in [1.82, 2.24) is 0 Å². The van der Waals surface area contributed by atoms with Crippen molar-refractivity contribution in [2.45, 2.75) is 6.42 Å². The summed E-state index contributed by atoms with van der Waals surface area (Å²) in [4.78, 5) is 13.9. The Balaban J connectivity index is 3.44. The van der Waals surface area contributed by atoms with Crippen LogP contribution < -0.4 is 17.0 Å². The highest BCUT2D eigenvalue weighted by Gasteiger charge is 2.09. The molecule has 0 radical (unpaired) electrons. The Morgan fingerprint density at radius 3 is 2.50 bits per heavy atom. The van der Waals surface area contributed by atoms with Gasteiger partial charge in [0.15, 0.2) is 5.96 Å². The Bertz CT molecular complexity index is 180. The summed E-state index contributed by atoms with van der Waals surface area (Å²) in [6.07, 6.45) is 1.05. The van der Waals surface area contributed by atoms with Crippen LogP contribution in [-0.2, 0) is 0 Å². The fourth-order valence-corrected chi connectivity index (χ4v) is 1.22. The molecule has 7 heteroatoms. The minimum atomic E-state index is -1.40. The molecule has 0 unspecified atom stereocenters. The SMILES string of the molecule is NC(N)=NCCC[P@](N)C(=O)O. The highest BCUT2D eigenvalue weighted by molar-refractivity contribution is 7.72. The summed E-state index contributed by atoms with van der Waals surface area (Å²) in [7, 11) is -1.40. The Morgan fingerprint density at radius 1 is 1.50 bits per heavy atom. The lowest BCUT2D eigenvalue weighted by Crippen LogP contribution is -2.23. The van der Waals surface area contributed by atoms with Gasteiger partial charge < -0.3 is 22.1 Å². The van der Waals surface area contributed by atoms with Crippen molar-refractivity contribution in [3.8, 4) is 0 Å². The van der Waals surface area contributed by atoms with E-state index in [2.05, 4.69) is 4.99 Å². The highest BCUT2D eigenvalue weighted by Crippen LogP contribution is 2.26. The molecule has 0 saturated carbocycles. The zero-order chi connectivity index (χ0) is 9.56. The lowest BCUT2D eigenvalue weighted by molar-refractivity contribution is 0.221. The smallest absolute Gasteiger partial charge is 0.338 e. The van der Waals surface area contributed by atoms with Gasteiger partial charge in [-0.1, -0.05) is 0 Å². The van der Waals surface area contributed by atoms with Gasteiger partial charge in [-0.15, -0.1) is 0 Å². The van der Waals surface area contributed by atoms with Gasteiger partial charge >= 0.3 is 5.71 Å². The van der Waals surface area contributed by atoms with E-state index in [1.807, 2.05) is 0 Å². The highest BCUT2D eigenvalue weighted by atomic mass is 31.1. The average Bonchev–Trinajstić information content (AvgIpc) is 1.97. The number of hydrogen-bond donors (Lipinski definition) is 4. The second-order valence-electron chi connectivity index (χ2n) is 2.14. The second kappa shape index (κ2) is 5.74. The Kier molecular flexibility index (Phi) is 5.32. The van der Waals surface area contributed by atoms with Gasteiger partial charge in [-0.05, 0) is 12.6 Å². The minimum Gasteiger partial charge on any atom is -0.477 e. The van der Waals surface area contributed by atoms with Gasteiger partial charge in [-0.2, -0.15) is 0 Å². The van der Waals surface area contributed by atoms with Gasteiger partial charge in [0, 0.05) is 6.54 Å². The van der Waals surface area contributed by atoms with Crippen molar-refractivity contribution in [3.05, 3.63) is 0 Å². The van der Waals surface area contributed by atoms with Gasteiger partial charge in [-0.25, -0.2) is 4.79 Å². The Morgan fingerprint density at radius 2 is 2.08 bits per heavy atom. The van der Waals surface area contributed by atoms with Crippen LogP contribution in [0.15, 0.2) is 4.99 Å². The van der Waals surface area contributed by atoms with Crippen LogP contribution in [0.4, 0.5) is 4.79 Å². The molecule has 70 valence electrons. The largest absolute Gasteiger partial charge is 0.477 e. The zero-order valence-electron chi connectivity index (χ0n) is 6.60. The molecule has 0 aliphatic heterocycles. The molecule has 7 N–H and O–H groups in total. The first-order chi connectivity index (χ1) is 5.54. The molecule has 0 aliphatic rings. The zero-order valence-corrected chi connectivity index (χ0v) is 7.50. The van der Waals surface area contributed by atoms with E-state index >= 15 is 0 Å². The fourth-order valence-electron chi connectivity index (χ4n) is 0.545. The molecule has 1 atom stereocenters. The van der Waals surface area contributed by atoms with Gasteiger partial charge in [0.1, 0.15) is 0 Å². The molecular formula is C5H13N4O2P. The first-order valence-corrected chi connectivity index (χ1v) is 4.94. The lowest BCUT2D eigenvalue weighted by atomic mass is 10.5. The number of rotatable bonds is 5. The summed E-state index contributed by atoms with van der Waals surface area (Å²) < 4.78 is 0. The number of carbonyl (C=O) groups is 1. The molecule has 0 fully saturated rings. The Labute approximate surface area is 71.6 Å². The van der Waals surface area contributed by atoms with Crippen LogP contribution in [0.1, 0.15) is 6.42 Å². The molecule has 0 aromatic carbocycles. The van der Waals surface area contributed by atoms with Crippen molar-refractivity contribution in [2.24, 2.45) is 22.0 Å². The van der Waals surface area contributed by atoms with E-state index < -0.39 is 13.8 Å². The summed E-state index contributed by atoms with van der Waals surface area (Å²) in [6, 6.07) is 0. The van der Waals surface area contributed by atoms with E-state index in [9.17, 15) is 4.79 Å². The van der Waals surface area contributed by atoms with Crippen LogP contribution in [0, 0.1) is 0 Å². The quantitative estimate of drug-likeness (QED) is 0.205. The normalized spacial score (nSPS) is 12.1. The van der Waals surface area contributed by atoms with Crippen molar-refractivity contribution in [1.29, 1.82) is 0 Å². The predicted octanol–water partition coefficient (Wildman–Crippen LogP) is -0.317. The summed E-state index contributed by atoms with van der Waals surface area (Å²) in [5.41, 5.74) is 14.5. The number of nitrogens with zero attached hydrogens (tertiary/aromatic N) is 1. The molecule has 0 aromatic rings. The first-order valence-electron chi connectivity index (χ1n) is 3.34. The molecule has 0 bridgehead atoms. The maximum absolute atomic E-state index is 10.2. The van der Waals surface area contributed by atoms with Crippen LogP contribution in [0.25, 0.3) is 0 Å². The van der Waals surface area contributed by atoms with Crippen molar-refractivity contribution in [2.75, 3.05) is 12.7 Å². The van der Waals surface area contributed by atoms with Gasteiger partial charge in [0.2, 0.25) is 0 Å². The fraction of sp³-hybridized carbons (Fsp3) is 0.600. The standard InChI is InChI=1S/C5H13N4O2P/c6-4(7)9-2-1-3-12(8)5(10)11/h1-3,8H2,(H,10,11)(H4,6,7,9)/t12-/m0/s1. The van der Waals surface area contributed by atoms with Crippen molar-refractivity contribution in [3.63, 3.8) is 0 Å². The van der Waals surface area contributed by atoms with E-state index in [4.69, 9.17) is 22.1 Å². The molecule has 0 spiro atoms. The number of nitrogens with two attached hydrogens (primary N) is 3. The predicted molar refractivity (Wildman–Crippen MR) is 49.3 cm³/mol. The third kappa shape index (κ3) is 5.88. The molecule has 0 aliphatic carbocycles. The summed E-state index contributed by atoms with van der Waals surface area (Å²) in [5.74, 6) is 0.0201. The van der Waals surface area contributed by atoms with Crippen LogP contribution >= 0.6 is 8.07 Å². The molecule has 6 nitrogen and oxygen atoms in total. The third-order valence-electron chi connectivity index (χ3n) is 1.10. The Hall–Kier alpha value is -0.870. The van der Waals surface area contributed by atoms with Crippen LogP contribution in [0.3, 0.4) is 0 Å². The summed E-state index contributed by atoms with van der Waals surface area (Å²) >= 11 is 0. The van der Waals surface area contributed by atoms with E-state index in [0.717, 1.165) is 0 Å². The molecule has 0 saturated heterocycles. The molecule has 12 heavy (non-hydrogen) atoms. The van der Waals surface area contributed by atoms with Gasteiger partial charge in [0.05, 0.1) is 8.07 Å². The van der Waals surface area contributed by atoms with E-state index in [1.54, 1.807) is 0 Å². The molecule has 0 aromatic heterocycles. The molecular weight excluding hydrogens is 179 g/mol. The first kappa shape index (κ1) is 11.1. The maximum atomic E-state index is 10.2. The van der Waals surface area contributed by atoms with E-state index in [0.29, 0.717) is 19.1 Å². The number of hydrogen-bond acceptors (Lipinski definition) is 3. The van der Waals surface area contributed by atoms with Gasteiger partial charge in [-0.3, -0.25) is 4.99 Å². The minimum absolute atomic E-state index is 0.0201. The lowest BCUT2D eigenvalue weighted by Gasteiger charge is -2.03. The van der Waals surface area contributed by atoms with Gasteiger partial charge in [0.25, 0.3) is 0 Å². The van der Waals surface area contributed by atoms with E-state index in [-0.39, 0.29) is 5.96 Å². The topological polar surface area (TPSA) is 128 Å². The van der Waals surface area contributed by atoms with Crippen LogP contribution in [0.5, 0.6) is 0 Å². The van der Waals surface area contributed by atoms with Crippen molar-refractivity contribution < 1.29 is 9.90 Å². The maximum Gasteiger partial charge on any atom is 0.338 e. The van der Waals surface area contributed by atoms with Crippen LogP contribution in [-0.4, -0.2) is 29.5 Å². The number of carboxylic acid groups (broad SMARTS) is 1. The van der Waals surface area contributed by atoms with E-state index in [1.165, 1.54) is 0 Å². The number of aliphatic imine (C=N–C) groups is 1. The molecule has 0 heterocycles. The van der Waals surface area contributed by atoms with Crippen molar-refractivity contribution >= 4 is 19.7 Å². The summed E-state index contributed by atoms with van der Waals surface area (Å²) in [6.45, 7) is 0.436. The molecule has 0 rings (SSSR count). The van der Waals surface area contributed by atoms with Crippen LogP contribution in [0.2, 0.25) is 0 Å². The molecule has 0 amide bonds. The number of guanidine groups is 1. The third-order valence-corrected chi connectivity index (χ3v) is 2.39. The summed E-state index contributed by atoms with van der Waals surface area (Å²) in [5, 5.41) is 8.41.